The van der Waals surface area contributed by atoms with Crippen molar-refractivity contribution in [2.45, 2.75) is 32.3 Å². The lowest BCUT2D eigenvalue weighted by Gasteiger charge is -2.33. The van der Waals surface area contributed by atoms with E-state index in [0.717, 1.165) is 25.8 Å². The zero-order valence-electron chi connectivity index (χ0n) is 11.1. The summed E-state index contributed by atoms with van der Waals surface area (Å²) in [5.41, 5.74) is 0. The van der Waals surface area contributed by atoms with E-state index in [1.54, 1.807) is 4.90 Å². The van der Waals surface area contributed by atoms with Crippen molar-refractivity contribution in [1.82, 2.24) is 4.90 Å². The predicted octanol–water partition coefficient (Wildman–Crippen LogP) is 0.823. The second kappa shape index (κ2) is 5.69. The second-order valence-corrected chi connectivity index (χ2v) is 5.20. The number of hydrogen-bond acceptors (Lipinski definition) is 4. The van der Waals surface area contributed by atoms with Crippen molar-refractivity contribution in [1.29, 1.82) is 0 Å². The standard InChI is InChI=1S/C13H21NO4/c1-9-5-7-18-11(9)12(15)14-6-3-4-10(8-14)13(16)17-2/h9-11H,3-8H2,1-2H3/t9?,10-,11?/m0/s1. The van der Waals surface area contributed by atoms with Crippen LogP contribution in [-0.4, -0.2) is 49.7 Å². The maximum Gasteiger partial charge on any atom is 0.310 e. The summed E-state index contributed by atoms with van der Waals surface area (Å²) in [7, 11) is 1.39. The summed E-state index contributed by atoms with van der Waals surface area (Å²) in [4.78, 5) is 25.6. The number of methoxy groups -OCH3 is 1. The lowest BCUT2D eigenvalue weighted by molar-refractivity contribution is -0.151. The molecule has 2 aliphatic heterocycles. The molecule has 102 valence electrons. The van der Waals surface area contributed by atoms with Gasteiger partial charge >= 0.3 is 5.97 Å². The Balaban J connectivity index is 1.96. The van der Waals surface area contributed by atoms with E-state index in [4.69, 9.17) is 9.47 Å². The highest BCUT2D eigenvalue weighted by Gasteiger charge is 2.37. The average Bonchev–Trinajstić information content (AvgIpc) is 2.83. The summed E-state index contributed by atoms with van der Waals surface area (Å²) in [5, 5.41) is 0. The molecule has 0 aromatic carbocycles. The Labute approximate surface area is 107 Å². The molecular weight excluding hydrogens is 234 g/mol. The first kappa shape index (κ1) is 13.3. The van der Waals surface area contributed by atoms with Crippen molar-refractivity contribution in [3.63, 3.8) is 0 Å². The quantitative estimate of drug-likeness (QED) is 0.686. The van der Waals surface area contributed by atoms with Gasteiger partial charge in [-0.3, -0.25) is 9.59 Å². The van der Waals surface area contributed by atoms with Gasteiger partial charge in [0, 0.05) is 19.7 Å². The normalized spacial score (nSPS) is 32.3. The molecule has 3 atom stereocenters. The molecule has 0 aromatic heterocycles. The van der Waals surface area contributed by atoms with Gasteiger partial charge in [-0.1, -0.05) is 6.92 Å². The van der Waals surface area contributed by atoms with Gasteiger partial charge in [0.05, 0.1) is 13.0 Å². The van der Waals surface area contributed by atoms with Crippen LogP contribution in [0.3, 0.4) is 0 Å². The molecule has 2 aliphatic rings. The van der Waals surface area contributed by atoms with Gasteiger partial charge in [0.1, 0.15) is 6.10 Å². The maximum absolute atomic E-state index is 12.3. The van der Waals surface area contributed by atoms with Crippen LogP contribution in [0.25, 0.3) is 0 Å². The number of carbonyl (C=O) groups is 2. The van der Waals surface area contributed by atoms with Gasteiger partial charge < -0.3 is 14.4 Å². The van der Waals surface area contributed by atoms with Crippen LogP contribution < -0.4 is 0 Å². The van der Waals surface area contributed by atoms with Gasteiger partial charge in [-0.05, 0) is 25.2 Å². The van der Waals surface area contributed by atoms with E-state index < -0.39 is 0 Å². The molecule has 1 amide bonds. The Morgan fingerprint density at radius 1 is 1.33 bits per heavy atom. The molecule has 2 saturated heterocycles. The van der Waals surface area contributed by atoms with E-state index in [2.05, 4.69) is 0 Å². The number of carbonyl (C=O) groups excluding carboxylic acids is 2. The van der Waals surface area contributed by atoms with Gasteiger partial charge in [-0.25, -0.2) is 0 Å². The van der Waals surface area contributed by atoms with E-state index in [0.29, 0.717) is 13.2 Å². The van der Waals surface area contributed by atoms with E-state index in [9.17, 15) is 9.59 Å². The summed E-state index contributed by atoms with van der Waals surface area (Å²) in [6.45, 7) is 3.89. The highest BCUT2D eigenvalue weighted by Crippen LogP contribution is 2.25. The molecule has 2 heterocycles. The van der Waals surface area contributed by atoms with Gasteiger partial charge in [0.25, 0.3) is 5.91 Å². The number of likely N-dealkylation sites (tertiary alicyclic amines) is 1. The Bertz CT molecular complexity index is 331. The number of piperidine rings is 1. The van der Waals surface area contributed by atoms with Crippen LogP contribution in [-0.2, 0) is 19.1 Å². The average molecular weight is 255 g/mol. The van der Waals surface area contributed by atoms with Crippen molar-refractivity contribution in [3.8, 4) is 0 Å². The number of amides is 1. The smallest absolute Gasteiger partial charge is 0.310 e. The summed E-state index contributed by atoms with van der Waals surface area (Å²) in [6.07, 6.45) is 2.27. The zero-order valence-corrected chi connectivity index (χ0v) is 11.1. The number of esters is 1. The molecule has 0 saturated carbocycles. The molecule has 5 nitrogen and oxygen atoms in total. The molecular formula is C13H21NO4. The van der Waals surface area contributed by atoms with Crippen LogP contribution in [0.1, 0.15) is 26.2 Å². The van der Waals surface area contributed by atoms with Crippen LogP contribution in [0, 0.1) is 11.8 Å². The molecule has 0 radical (unpaired) electrons. The summed E-state index contributed by atoms with van der Waals surface area (Å²) in [5.74, 6) is -0.0816. The lowest BCUT2D eigenvalue weighted by atomic mass is 9.96. The predicted molar refractivity (Wildman–Crippen MR) is 64.8 cm³/mol. The topological polar surface area (TPSA) is 55.8 Å². The molecule has 0 aliphatic carbocycles. The van der Waals surface area contributed by atoms with E-state index in [1.165, 1.54) is 7.11 Å². The zero-order chi connectivity index (χ0) is 13.1. The monoisotopic (exact) mass is 255 g/mol. The van der Waals surface area contributed by atoms with Crippen molar-refractivity contribution >= 4 is 11.9 Å². The van der Waals surface area contributed by atoms with Gasteiger partial charge in [0.15, 0.2) is 0 Å². The van der Waals surface area contributed by atoms with Gasteiger partial charge in [-0.2, -0.15) is 0 Å². The number of ether oxygens (including phenoxy) is 2. The van der Waals surface area contributed by atoms with Crippen molar-refractivity contribution < 1.29 is 19.1 Å². The molecule has 5 heteroatoms. The van der Waals surface area contributed by atoms with Crippen LogP contribution in [0.15, 0.2) is 0 Å². The molecule has 2 fully saturated rings. The molecule has 0 aromatic rings. The van der Waals surface area contributed by atoms with Crippen molar-refractivity contribution in [2.75, 3.05) is 26.8 Å². The molecule has 0 N–H and O–H groups in total. The second-order valence-electron chi connectivity index (χ2n) is 5.20. The first-order chi connectivity index (χ1) is 8.63. The summed E-state index contributed by atoms with van der Waals surface area (Å²) >= 11 is 0. The highest BCUT2D eigenvalue weighted by atomic mass is 16.5. The molecule has 0 spiro atoms. The summed E-state index contributed by atoms with van der Waals surface area (Å²) < 4.78 is 10.3. The Morgan fingerprint density at radius 3 is 2.72 bits per heavy atom. The van der Waals surface area contributed by atoms with E-state index >= 15 is 0 Å². The Morgan fingerprint density at radius 2 is 2.11 bits per heavy atom. The third-order valence-electron chi connectivity index (χ3n) is 3.90. The minimum atomic E-state index is -0.318. The van der Waals surface area contributed by atoms with Crippen LogP contribution >= 0.6 is 0 Å². The third-order valence-corrected chi connectivity index (χ3v) is 3.90. The fourth-order valence-electron chi connectivity index (χ4n) is 2.73. The van der Waals surface area contributed by atoms with Crippen LogP contribution in [0.5, 0.6) is 0 Å². The third kappa shape index (κ3) is 2.66. The lowest BCUT2D eigenvalue weighted by Crippen LogP contribution is -2.47. The fourth-order valence-corrected chi connectivity index (χ4v) is 2.73. The van der Waals surface area contributed by atoms with Crippen molar-refractivity contribution in [3.05, 3.63) is 0 Å². The Kier molecular flexibility index (Phi) is 4.22. The minimum absolute atomic E-state index is 0.0357. The molecule has 2 unspecified atom stereocenters. The highest BCUT2D eigenvalue weighted by molar-refractivity contribution is 5.82. The van der Waals surface area contributed by atoms with Crippen molar-refractivity contribution in [2.24, 2.45) is 11.8 Å². The molecule has 18 heavy (non-hydrogen) atoms. The van der Waals surface area contributed by atoms with Crippen LogP contribution in [0.2, 0.25) is 0 Å². The SMILES string of the molecule is COC(=O)[C@H]1CCCN(C(=O)C2OCCC2C)C1. The minimum Gasteiger partial charge on any atom is -0.469 e. The van der Waals surface area contributed by atoms with E-state index in [-0.39, 0.29) is 29.8 Å². The fraction of sp³-hybridized carbons (Fsp3) is 0.846. The molecule has 2 rings (SSSR count). The Hall–Kier alpha value is -1.10. The summed E-state index contributed by atoms with van der Waals surface area (Å²) in [6, 6.07) is 0. The molecule has 0 bridgehead atoms. The van der Waals surface area contributed by atoms with E-state index in [1.807, 2.05) is 6.92 Å². The number of rotatable bonds is 2. The van der Waals surface area contributed by atoms with Gasteiger partial charge in [-0.15, -0.1) is 0 Å². The number of hydrogen-bond donors (Lipinski definition) is 0. The van der Waals surface area contributed by atoms with Crippen LogP contribution in [0.4, 0.5) is 0 Å². The van der Waals surface area contributed by atoms with Gasteiger partial charge in [0.2, 0.25) is 0 Å². The first-order valence-electron chi connectivity index (χ1n) is 6.61. The number of nitrogens with zero attached hydrogens (tertiary/aromatic N) is 1. The maximum atomic E-state index is 12.3. The first-order valence-corrected chi connectivity index (χ1v) is 6.61. The largest absolute Gasteiger partial charge is 0.469 e.